The fraction of sp³-hybridized carbons (Fsp3) is 0.653. The maximum Gasteiger partial charge on any atom is 0.264 e. The average Bonchev–Trinajstić information content (AvgIpc) is 3.84. The first kappa shape index (κ1) is 54.2. The zero-order valence-electron chi connectivity index (χ0n) is 41.2. The highest BCUT2D eigenvalue weighted by atomic mass is 32.2. The molecular formula is C49H77N7O9S. The molecule has 368 valence electrons. The molecule has 4 rings (SSSR count). The van der Waals surface area contributed by atoms with Crippen molar-refractivity contribution in [2.24, 2.45) is 29.4 Å². The molecule has 2 fully saturated rings. The van der Waals surface area contributed by atoms with Crippen LogP contribution in [0.4, 0.5) is 0 Å². The molecule has 1 unspecified atom stereocenters. The number of likely N-dealkylation sites (tertiary alicyclic amines) is 1. The zero-order valence-corrected chi connectivity index (χ0v) is 42.0. The van der Waals surface area contributed by atoms with E-state index in [4.69, 9.17) is 15.2 Å². The van der Waals surface area contributed by atoms with E-state index in [0.717, 1.165) is 18.4 Å². The summed E-state index contributed by atoms with van der Waals surface area (Å²) in [5, 5.41) is 5.83. The molecule has 0 spiro atoms. The molecule has 1 heterocycles. The Labute approximate surface area is 393 Å². The van der Waals surface area contributed by atoms with Gasteiger partial charge in [0.25, 0.3) is 15.9 Å². The maximum atomic E-state index is 14.4. The molecular weight excluding hydrogens is 863 g/mol. The summed E-state index contributed by atoms with van der Waals surface area (Å²) in [6, 6.07) is 11.5. The van der Waals surface area contributed by atoms with Crippen LogP contribution in [0.3, 0.4) is 0 Å². The van der Waals surface area contributed by atoms with Crippen molar-refractivity contribution in [2.45, 2.75) is 146 Å². The van der Waals surface area contributed by atoms with Gasteiger partial charge in [-0.1, -0.05) is 97.4 Å². The second-order valence-corrected chi connectivity index (χ2v) is 21.1. The van der Waals surface area contributed by atoms with Crippen molar-refractivity contribution in [1.29, 1.82) is 0 Å². The van der Waals surface area contributed by atoms with Gasteiger partial charge in [-0.25, -0.2) is 13.1 Å². The largest absolute Gasteiger partial charge is 0.379 e. The summed E-state index contributed by atoms with van der Waals surface area (Å²) in [7, 11) is 4.06. The summed E-state index contributed by atoms with van der Waals surface area (Å²) in [4.78, 5) is 75.4. The molecule has 2 aromatic carbocycles. The number of amides is 5. The number of likely N-dealkylation sites (N-methyl/N-ethyl adjacent to an activating group) is 2. The van der Waals surface area contributed by atoms with Gasteiger partial charge in [0, 0.05) is 39.8 Å². The SMILES string of the molecule is CC[C@H](C)[C@@H]([C@@H](CC(=O)N1CCC[C@H]1[C@H](OC)[C@@H](C)C(=O)N[C@@H](Cc1ccccc1)C(=O)NS(=O)(=O)c1ccc(C2(N)CC2)cc1)OC)N(C)C(=O)C(NC(=O)[C@H](C(C)C)N(C)C)C(C)C. The first-order valence-electron chi connectivity index (χ1n) is 23.4. The lowest BCUT2D eigenvalue weighted by atomic mass is 9.89. The highest BCUT2D eigenvalue weighted by Gasteiger charge is 2.44. The number of carbonyl (C=O) groups excluding carboxylic acids is 5. The first-order valence-corrected chi connectivity index (χ1v) is 24.9. The van der Waals surface area contributed by atoms with Gasteiger partial charge in [-0.15, -0.1) is 0 Å². The standard InChI is InChI=1S/C49H77N7O9S/c1-13-32(6)43(55(10)48(61)41(30(2)3)52-47(60)42(31(4)5)54(8)9)39(64-11)29-40(57)56-27-17-20-38(56)44(65-12)33(7)45(58)51-37(28-34-18-15-14-16-19-34)46(59)53-66(62,63)36-23-21-35(22-24-36)49(50)25-26-49/h14-16,18-19,21-24,30-33,37-39,41-44H,13,17,20,25-29,50H2,1-12H3,(H,51,58)(H,52,60)(H,53,59)/t32-,33+,37-,38-,39+,41?,42-,43-,44+/m0/s1. The van der Waals surface area contributed by atoms with E-state index in [1.807, 2.05) is 66.6 Å². The minimum Gasteiger partial charge on any atom is -0.379 e. The molecule has 1 saturated carbocycles. The van der Waals surface area contributed by atoms with Crippen LogP contribution in [0.1, 0.15) is 98.1 Å². The summed E-state index contributed by atoms with van der Waals surface area (Å²) >= 11 is 0. The molecule has 2 aliphatic rings. The van der Waals surface area contributed by atoms with Gasteiger partial charge in [-0.05, 0) is 80.8 Å². The van der Waals surface area contributed by atoms with Crippen molar-refractivity contribution in [2.75, 3.05) is 41.9 Å². The van der Waals surface area contributed by atoms with Crippen molar-refractivity contribution < 1.29 is 41.9 Å². The lowest BCUT2D eigenvalue weighted by molar-refractivity contribution is -0.148. The van der Waals surface area contributed by atoms with Crippen LogP contribution >= 0.6 is 0 Å². The molecule has 9 atom stereocenters. The summed E-state index contributed by atoms with van der Waals surface area (Å²) in [5.74, 6) is -3.38. The maximum absolute atomic E-state index is 14.4. The van der Waals surface area contributed by atoms with Gasteiger partial charge in [-0.3, -0.25) is 28.9 Å². The van der Waals surface area contributed by atoms with Gasteiger partial charge in [0.15, 0.2) is 0 Å². The molecule has 5 N–H and O–H groups in total. The highest BCUT2D eigenvalue weighted by molar-refractivity contribution is 7.90. The van der Waals surface area contributed by atoms with Crippen LogP contribution in [0, 0.1) is 23.7 Å². The lowest BCUT2D eigenvalue weighted by Gasteiger charge is -2.41. The Bertz CT molecular complexity index is 2060. The Morgan fingerprint density at radius 1 is 0.848 bits per heavy atom. The van der Waals surface area contributed by atoms with Crippen molar-refractivity contribution in [1.82, 2.24) is 30.1 Å². The monoisotopic (exact) mass is 940 g/mol. The summed E-state index contributed by atoms with van der Waals surface area (Å²) in [6.07, 6.45) is 1.95. The number of carbonyl (C=O) groups is 5. The molecule has 1 aliphatic carbocycles. The van der Waals surface area contributed by atoms with Crippen LogP contribution in [-0.2, 0) is 55.4 Å². The van der Waals surface area contributed by atoms with E-state index in [2.05, 4.69) is 15.4 Å². The molecule has 2 aromatic rings. The minimum atomic E-state index is -4.31. The fourth-order valence-electron chi connectivity index (χ4n) is 9.43. The van der Waals surface area contributed by atoms with E-state index in [1.165, 1.54) is 26.4 Å². The lowest BCUT2D eigenvalue weighted by Crippen LogP contribution is -2.59. The van der Waals surface area contributed by atoms with E-state index >= 15 is 0 Å². The third-order valence-corrected chi connectivity index (χ3v) is 15.0. The third-order valence-electron chi connectivity index (χ3n) is 13.6. The number of nitrogens with zero attached hydrogens (tertiary/aromatic N) is 3. The van der Waals surface area contributed by atoms with Gasteiger partial charge in [0.2, 0.25) is 23.6 Å². The predicted octanol–water partition coefficient (Wildman–Crippen LogP) is 3.81. The summed E-state index contributed by atoms with van der Waals surface area (Å²) < 4.78 is 41.1. The Morgan fingerprint density at radius 2 is 1.47 bits per heavy atom. The van der Waals surface area contributed by atoms with E-state index in [-0.39, 0.29) is 53.2 Å². The average molecular weight is 940 g/mol. The quantitative estimate of drug-likeness (QED) is 0.119. The Hall–Kier alpha value is -4.42. The van der Waals surface area contributed by atoms with Crippen LogP contribution in [0.5, 0.6) is 0 Å². The van der Waals surface area contributed by atoms with Crippen LogP contribution in [0.15, 0.2) is 59.5 Å². The van der Waals surface area contributed by atoms with Crippen molar-refractivity contribution in [3.05, 3.63) is 65.7 Å². The number of nitrogens with two attached hydrogens (primary N) is 1. The Kier molecular flexibility index (Phi) is 19.3. The second kappa shape index (κ2) is 23.5. The first-order chi connectivity index (χ1) is 31.0. The van der Waals surface area contributed by atoms with Crippen LogP contribution in [0.2, 0.25) is 0 Å². The van der Waals surface area contributed by atoms with Crippen molar-refractivity contribution >= 4 is 39.6 Å². The zero-order chi connectivity index (χ0) is 49.3. The Morgan fingerprint density at radius 3 is 1.98 bits per heavy atom. The smallest absolute Gasteiger partial charge is 0.264 e. The number of benzene rings is 2. The van der Waals surface area contributed by atoms with Gasteiger partial charge in [0.1, 0.15) is 12.1 Å². The van der Waals surface area contributed by atoms with E-state index in [9.17, 15) is 32.4 Å². The van der Waals surface area contributed by atoms with Crippen molar-refractivity contribution in [3.63, 3.8) is 0 Å². The van der Waals surface area contributed by atoms with Crippen molar-refractivity contribution in [3.8, 4) is 0 Å². The van der Waals surface area contributed by atoms with E-state index < -0.39 is 75.7 Å². The van der Waals surface area contributed by atoms with Gasteiger partial charge < -0.3 is 35.6 Å². The molecule has 0 aromatic heterocycles. The van der Waals surface area contributed by atoms with E-state index in [0.29, 0.717) is 31.4 Å². The molecule has 1 aliphatic heterocycles. The number of rotatable bonds is 24. The molecule has 17 heteroatoms. The van der Waals surface area contributed by atoms with Gasteiger partial charge in [0.05, 0.1) is 47.6 Å². The number of hydrogen-bond acceptors (Lipinski definition) is 11. The van der Waals surface area contributed by atoms with E-state index in [1.54, 1.807) is 60.2 Å². The number of ether oxygens (including phenoxy) is 2. The minimum absolute atomic E-state index is 0.00646. The summed E-state index contributed by atoms with van der Waals surface area (Å²) in [5.41, 5.74) is 7.34. The van der Waals surface area contributed by atoms with Crippen LogP contribution < -0.4 is 21.1 Å². The second-order valence-electron chi connectivity index (χ2n) is 19.4. The fourth-order valence-corrected chi connectivity index (χ4v) is 10.4. The molecule has 66 heavy (non-hydrogen) atoms. The normalized spacial score (nSPS) is 19.6. The summed E-state index contributed by atoms with van der Waals surface area (Å²) in [6.45, 7) is 13.8. The highest BCUT2D eigenvalue weighted by Crippen LogP contribution is 2.42. The third kappa shape index (κ3) is 13.4. The molecule has 0 radical (unpaired) electrons. The number of methoxy groups -OCH3 is 2. The predicted molar refractivity (Wildman–Crippen MR) is 254 cm³/mol. The Balaban J connectivity index is 1.51. The van der Waals surface area contributed by atoms with Gasteiger partial charge in [-0.2, -0.15) is 0 Å². The number of sulfonamides is 1. The molecule has 0 bridgehead atoms. The molecule has 16 nitrogen and oxygen atoms in total. The number of nitrogens with one attached hydrogen (secondary N) is 3. The molecule has 5 amide bonds. The number of hydrogen-bond donors (Lipinski definition) is 4. The van der Waals surface area contributed by atoms with Gasteiger partial charge >= 0.3 is 0 Å². The topological polar surface area (TPSA) is 210 Å². The molecule has 1 saturated heterocycles. The van der Waals surface area contributed by atoms with Crippen LogP contribution in [-0.4, -0.2) is 137 Å². The van der Waals surface area contributed by atoms with Crippen LogP contribution in [0.25, 0.3) is 0 Å².